The predicted octanol–water partition coefficient (Wildman–Crippen LogP) is 1.77. The molecule has 0 bridgehead atoms. The molecule has 126 valence electrons. The molecule has 2 aromatic rings. The van der Waals surface area contributed by atoms with Crippen LogP contribution < -0.4 is 10.2 Å². The molecule has 0 aliphatic carbocycles. The zero-order chi connectivity index (χ0) is 17.1. The van der Waals surface area contributed by atoms with Gasteiger partial charge in [-0.05, 0) is 30.7 Å². The SMILES string of the molecule is CC(=O)Nc1ccc(-c2nc(Cl)nc(N3CCOC[C@@H]3C)n2)cn1. The summed E-state index contributed by atoms with van der Waals surface area (Å²) in [7, 11) is 0. The Balaban J connectivity index is 1.89. The number of rotatable bonds is 3. The van der Waals surface area contributed by atoms with Gasteiger partial charge < -0.3 is 15.0 Å². The van der Waals surface area contributed by atoms with Crippen molar-refractivity contribution >= 4 is 29.3 Å². The third-order valence-corrected chi connectivity index (χ3v) is 3.72. The maximum absolute atomic E-state index is 11.0. The lowest BCUT2D eigenvalue weighted by Crippen LogP contribution is -2.44. The minimum absolute atomic E-state index is 0.125. The van der Waals surface area contributed by atoms with Gasteiger partial charge in [0.25, 0.3) is 0 Å². The van der Waals surface area contributed by atoms with E-state index in [9.17, 15) is 4.79 Å². The van der Waals surface area contributed by atoms with Crippen LogP contribution >= 0.6 is 11.6 Å². The molecule has 9 heteroatoms. The van der Waals surface area contributed by atoms with Gasteiger partial charge in [-0.3, -0.25) is 4.79 Å². The summed E-state index contributed by atoms with van der Waals surface area (Å²) < 4.78 is 5.43. The lowest BCUT2D eigenvalue weighted by molar-refractivity contribution is -0.114. The van der Waals surface area contributed by atoms with E-state index in [1.54, 1.807) is 18.3 Å². The van der Waals surface area contributed by atoms with E-state index in [1.807, 2.05) is 11.8 Å². The molecule has 1 N–H and O–H groups in total. The van der Waals surface area contributed by atoms with Gasteiger partial charge in [0.05, 0.1) is 19.3 Å². The van der Waals surface area contributed by atoms with E-state index < -0.39 is 0 Å². The van der Waals surface area contributed by atoms with E-state index >= 15 is 0 Å². The Hall–Kier alpha value is -2.32. The summed E-state index contributed by atoms with van der Waals surface area (Å²) in [5.41, 5.74) is 0.690. The molecular formula is C15H17ClN6O2. The van der Waals surface area contributed by atoms with Crippen molar-refractivity contribution in [2.24, 2.45) is 0 Å². The number of hydrogen-bond acceptors (Lipinski definition) is 7. The number of ether oxygens (including phenoxy) is 1. The van der Waals surface area contributed by atoms with Crippen LogP contribution in [0.3, 0.4) is 0 Å². The smallest absolute Gasteiger partial charge is 0.230 e. The van der Waals surface area contributed by atoms with Gasteiger partial charge in [0.1, 0.15) is 5.82 Å². The second-order valence-corrected chi connectivity index (χ2v) is 5.80. The largest absolute Gasteiger partial charge is 0.377 e. The lowest BCUT2D eigenvalue weighted by Gasteiger charge is -2.33. The Kier molecular flexibility index (Phi) is 4.86. The van der Waals surface area contributed by atoms with Crippen molar-refractivity contribution in [3.8, 4) is 11.4 Å². The summed E-state index contributed by atoms with van der Waals surface area (Å²) in [5, 5.41) is 2.74. The number of anilines is 2. The van der Waals surface area contributed by atoms with Crippen LogP contribution in [0, 0.1) is 0 Å². The number of halogens is 1. The molecular weight excluding hydrogens is 332 g/mol. The Morgan fingerprint density at radius 1 is 1.38 bits per heavy atom. The Morgan fingerprint density at radius 3 is 2.88 bits per heavy atom. The van der Waals surface area contributed by atoms with E-state index in [2.05, 4.69) is 25.3 Å². The number of pyridine rings is 1. The number of amides is 1. The first kappa shape index (κ1) is 16.5. The van der Waals surface area contributed by atoms with Crippen molar-refractivity contribution in [3.63, 3.8) is 0 Å². The minimum Gasteiger partial charge on any atom is -0.377 e. The lowest BCUT2D eigenvalue weighted by atomic mass is 10.2. The second kappa shape index (κ2) is 7.06. The van der Waals surface area contributed by atoms with Crippen molar-refractivity contribution in [2.75, 3.05) is 30.0 Å². The first-order valence-corrected chi connectivity index (χ1v) is 7.90. The van der Waals surface area contributed by atoms with Gasteiger partial charge in [0.2, 0.25) is 17.1 Å². The molecule has 1 atom stereocenters. The summed E-state index contributed by atoms with van der Waals surface area (Å²) in [6.45, 7) is 5.40. The standard InChI is InChI=1S/C15H17ClN6O2/c1-9-8-24-6-5-22(9)15-20-13(19-14(16)21-15)11-3-4-12(17-7-11)18-10(2)23/h3-4,7,9H,5-6,8H2,1-2H3,(H,17,18,23)/t9-/m0/s1. The number of carbonyl (C=O) groups excluding carboxylic acids is 1. The van der Waals surface area contributed by atoms with Gasteiger partial charge in [-0.1, -0.05) is 0 Å². The average Bonchev–Trinajstić information content (AvgIpc) is 2.55. The van der Waals surface area contributed by atoms with Crippen LogP contribution in [0.15, 0.2) is 18.3 Å². The highest BCUT2D eigenvalue weighted by atomic mass is 35.5. The summed E-state index contributed by atoms with van der Waals surface area (Å²) in [5.74, 6) is 1.24. The molecule has 1 aliphatic heterocycles. The monoisotopic (exact) mass is 348 g/mol. The van der Waals surface area contributed by atoms with E-state index in [0.29, 0.717) is 42.9 Å². The topological polar surface area (TPSA) is 93.1 Å². The zero-order valence-corrected chi connectivity index (χ0v) is 14.1. The summed E-state index contributed by atoms with van der Waals surface area (Å²) in [6, 6.07) is 3.62. The Labute approximate surface area is 144 Å². The van der Waals surface area contributed by atoms with Crippen LogP contribution in [0.2, 0.25) is 5.28 Å². The maximum Gasteiger partial charge on any atom is 0.230 e. The summed E-state index contributed by atoms with van der Waals surface area (Å²) in [4.78, 5) is 30.2. The number of hydrogen-bond donors (Lipinski definition) is 1. The molecule has 0 unspecified atom stereocenters. The molecule has 2 aromatic heterocycles. The van der Waals surface area contributed by atoms with Crippen LogP contribution in [0.1, 0.15) is 13.8 Å². The average molecular weight is 349 g/mol. The highest BCUT2D eigenvalue weighted by molar-refractivity contribution is 6.28. The van der Waals surface area contributed by atoms with Gasteiger partial charge in [-0.2, -0.15) is 15.0 Å². The van der Waals surface area contributed by atoms with Crippen molar-refractivity contribution < 1.29 is 9.53 Å². The normalized spacial score (nSPS) is 17.6. The van der Waals surface area contributed by atoms with Crippen LogP contribution in [0.25, 0.3) is 11.4 Å². The first-order chi connectivity index (χ1) is 11.5. The Morgan fingerprint density at radius 2 is 2.21 bits per heavy atom. The van der Waals surface area contributed by atoms with Crippen molar-refractivity contribution in [1.29, 1.82) is 0 Å². The fourth-order valence-electron chi connectivity index (χ4n) is 2.40. The predicted molar refractivity (Wildman–Crippen MR) is 90.0 cm³/mol. The van der Waals surface area contributed by atoms with E-state index in [4.69, 9.17) is 16.3 Å². The summed E-state index contributed by atoms with van der Waals surface area (Å²) >= 11 is 6.07. The molecule has 3 rings (SSSR count). The van der Waals surface area contributed by atoms with Gasteiger partial charge in [0.15, 0.2) is 5.82 Å². The molecule has 3 heterocycles. The van der Waals surface area contributed by atoms with Gasteiger partial charge in [-0.25, -0.2) is 4.98 Å². The number of nitrogens with one attached hydrogen (secondary N) is 1. The van der Waals surface area contributed by atoms with E-state index in [-0.39, 0.29) is 17.2 Å². The van der Waals surface area contributed by atoms with Crippen molar-refractivity contribution in [2.45, 2.75) is 19.9 Å². The number of aromatic nitrogens is 4. The number of nitrogens with zero attached hydrogens (tertiary/aromatic N) is 5. The van der Waals surface area contributed by atoms with E-state index in [1.165, 1.54) is 6.92 Å². The third kappa shape index (κ3) is 3.77. The molecule has 0 spiro atoms. The molecule has 8 nitrogen and oxygen atoms in total. The highest BCUT2D eigenvalue weighted by Gasteiger charge is 2.22. The van der Waals surface area contributed by atoms with Gasteiger partial charge in [-0.15, -0.1) is 0 Å². The fourth-order valence-corrected chi connectivity index (χ4v) is 2.56. The van der Waals surface area contributed by atoms with Crippen molar-refractivity contribution in [1.82, 2.24) is 19.9 Å². The van der Waals surface area contributed by atoms with Gasteiger partial charge >= 0.3 is 0 Å². The molecule has 1 fully saturated rings. The van der Waals surface area contributed by atoms with Crippen LogP contribution in [0.5, 0.6) is 0 Å². The highest BCUT2D eigenvalue weighted by Crippen LogP contribution is 2.22. The van der Waals surface area contributed by atoms with Crippen LogP contribution in [-0.2, 0) is 9.53 Å². The van der Waals surface area contributed by atoms with Crippen LogP contribution in [0.4, 0.5) is 11.8 Å². The number of carbonyl (C=O) groups is 1. The first-order valence-electron chi connectivity index (χ1n) is 7.53. The zero-order valence-electron chi connectivity index (χ0n) is 13.4. The van der Waals surface area contributed by atoms with Crippen LogP contribution in [-0.4, -0.2) is 51.6 Å². The molecule has 0 aromatic carbocycles. The Bertz CT molecular complexity index is 739. The van der Waals surface area contributed by atoms with Gasteiger partial charge in [0, 0.05) is 25.2 Å². The number of morpholine rings is 1. The third-order valence-electron chi connectivity index (χ3n) is 3.55. The molecule has 24 heavy (non-hydrogen) atoms. The minimum atomic E-state index is -0.179. The van der Waals surface area contributed by atoms with E-state index in [0.717, 1.165) is 0 Å². The molecule has 1 saturated heterocycles. The quantitative estimate of drug-likeness (QED) is 0.903. The summed E-state index contributed by atoms with van der Waals surface area (Å²) in [6.07, 6.45) is 1.59. The maximum atomic E-state index is 11.0. The fraction of sp³-hybridized carbons (Fsp3) is 0.400. The molecule has 0 saturated carbocycles. The molecule has 1 aliphatic rings. The molecule has 1 amide bonds. The second-order valence-electron chi connectivity index (χ2n) is 5.46. The van der Waals surface area contributed by atoms with Crippen molar-refractivity contribution in [3.05, 3.63) is 23.6 Å². The molecule has 0 radical (unpaired) electrons.